The van der Waals surface area contributed by atoms with Crippen LogP contribution in [-0.2, 0) is 33.3 Å². The molecule has 120 valence electrons. The average molecular weight is 302 g/mol. The third-order valence-corrected chi connectivity index (χ3v) is 2.43. The minimum absolute atomic E-state index is 0.310. The van der Waals surface area contributed by atoms with Crippen LogP contribution in [0.2, 0.25) is 0 Å². The molecule has 0 aromatic rings. The highest BCUT2D eigenvalue weighted by Gasteiger charge is 2.42. The zero-order valence-corrected chi connectivity index (χ0v) is 13.2. The van der Waals surface area contributed by atoms with Gasteiger partial charge in [0.2, 0.25) is 5.79 Å². The van der Waals surface area contributed by atoms with Crippen LogP contribution >= 0.6 is 0 Å². The lowest BCUT2D eigenvalue weighted by Gasteiger charge is -2.22. The Morgan fingerprint density at radius 3 is 2.33 bits per heavy atom. The van der Waals surface area contributed by atoms with Crippen LogP contribution in [0.4, 0.5) is 0 Å². The van der Waals surface area contributed by atoms with Gasteiger partial charge in [-0.15, -0.1) is 0 Å². The van der Waals surface area contributed by atoms with Crippen molar-refractivity contribution in [2.45, 2.75) is 71.6 Å². The smallest absolute Gasteiger partial charge is 0.347 e. The molecule has 1 aliphatic heterocycles. The Labute approximate surface area is 123 Å². The van der Waals surface area contributed by atoms with Crippen LogP contribution in [0.25, 0.3) is 0 Å². The Balaban J connectivity index is 2.47. The summed E-state index contributed by atoms with van der Waals surface area (Å²) in [5, 5.41) is 0. The lowest BCUT2D eigenvalue weighted by atomic mass is 10.2. The molecule has 0 aliphatic carbocycles. The number of ether oxygens (including phenoxy) is 4. The maximum Gasteiger partial charge on any atom is 0.347 e. The van der Waals surface area contributed by atoms with Gasteiger partial charge in [0.05, 0.1) is 6.42 Å². The monoisotopic (exact) mass is 302 g/mol. The second-order valence-corrected chi connectivity index (χ2v) is 6.30. The summed E-state index contributed by atoms with van der Waals surface area (Å²) in [5.41, 5.74) is -0.667. The molecule has 2 atom stereocenters. The largest absolute Gasteiger partial charge is 0.457 e. The van der Waals surface area contributed by atoms with Crippen LogP contribution in [0, 0.1) is 0 Å². The number of cyclic esters (lactones) is 1. The van der Waals surface area contributed by atoms with Gasteiger partial charge in [0.25, 0.3) is 0 Å². The van der Waals surface area contributed by atoms with Gasteiger partial charge in [-0.2, -0.15) is 0 Å². The van der Waals surface area contributed by atoms with E-state index in [0.717, 1.165) is 0 Å². The molecule has 0 unspecified atom stereocenters. The molecule has 21 heavy (non-hydrogen) atoms. The molecule has 1 fully saturated rings. The van der Waals surface area contributed by atoms with Crippen molar-refractivity contribution in [2.24, 2.45) is 0 Å². The molecule has 0 N–H and O–H groups in total. The van der Waals surface area contributed by atoms with Gasteiger partial charge in [0.1, 0.15) is 5.60 Å². The summed E-state index contributed by atoms with van der Waals surface area (Å²) < 4.78 is 20.2. The topological polar surface area (TPSA) is 88.1 Å². The first-order valence-electron chi connectivity index (χ1n) is 6.73. The molecule has 0 amide bonds. The summed E-state index contributed by atoms with van der Waals surface area (Å²) in [6.07, 6.45) is -2.38. The fourth-order valence-corrected chi connectivity index (χ4v) is 1.68. The first-order valence-corrected chi connectivity index (χ1v) is 6.73. The molecule has 1 heterocycles. The Morgan fingerprint density at radius 1 is 1.33 bits per heavy atom. The molecule has 7 heteroatoms. The molecular weight excluding hydrogens is 280 g/mol. The minimum Gasteiger partial charge on any atom is -0.457 e. The van der Waals surface area contributed by atoms with E-state index in [2.05, 4.69) is 0 Å². The minimum atomic E-state index is -1.06. The van der Waals surface area contributed by atoms with Crippen molar-refractivity contribution in [1.82, 2.24) is 0 Å². The Hall–Kier alpha value is -1.63. The predicted octanol–water partition coefficient (Wildman–Crippen LogP) is 1.33. The summed E-state index contributed by atoms with van der Waals surface area (Å²) >= 11 is 0. The lowest BCUT2D eigenvalue weighted by molar-refractivity contribution is -0.176. The van der Waals surface area contributed by atoms with Crippen molar-refractivity contribution in [1.29, 1.82) is 0 Å². The summed E-state index contributed by atoms with van der Waals surface area (Å²) in [6.45, 7) is 9.68. The van der Waals surface area contributed by atoms with E-state index in [0.29, 0.717) is 0 Å². The predicted molar refractivity (Wildman–Crippen MR) is 71.1 cm³/mol. The van der Waals surface area contributed by atoms with Gasteiger partial charge in [-0.05, 0) is 27.7 Å². The van der Waals surface area contributed by atoms with E-state index in [1.807, 2.05) is 0 Å². The van der Waals surface area contributed by atoms with Crippen LogP contribution in [0.3, 0.4) is 0 Å². The lowest BCUT2D eigenvalue weighted by Crippen LogP contribution is -2.34. The quantitative estimate of drug-likeness (QED) is 0.571. The van der Waals surface area contributed by atoms with E-state index in [-0.39, 0.29) is 6.42 Å². The molecule has 0 aromatic carbocycles. The molecule has 1 rings (SSSR count). The highest BCUT2D eigenvalue weighted by molar-refractivity contribution is 5.84. The zero-order valence-electron chi connectivity index (χ0n) is 13.2. The van der Waals surface area contributed by atoms with Gasteiger partial charge in [-0.1, -0.05) is 0 Å². The van der Waals surface area contributed by atoms with Crippen molar-refractivity contribution < 1.29 is 33.3 Å². The number of carbonyl (C=O) groups excluding carboxylic acids is 3. The molecule has 0 saturated carbocycles. The molecule has 0 bridgehead atoms. The van der Waals surface area contributed by atoms with Gasteiger partial charge in [0.15, 0.2) is 12.2 Å². The Kier molecular flexibility index (Phi) is 4.99. The molecular formula is C14H22O7. The number of carbonyl (C=O) groups is 3. The molecule has 0 radical (unpaired) electrons. The van der Waals surface area contributed by atoms with Crippen molar-refractivity contribution in [3.63, 3.8) is 0 Å². The van der Waals surface area contributed by atoms with Crippen LogP contribution in [0.5, 0.6) is 0 Å². The van der Waals surface area contributed by atoms with Gasteiger partial charge >= 0.3 is 17.9 Å². The second-order valence-electron chi connectivity index (χ2n) is 6.30. The van der Waals surface area contributed by atoms with Gasteiger partial charge < -0.3 is 18.9 Å². The normalized spacial score (nSPS) is 22.4. The maximum absolute atomic E-state index is 11.7. The second kappa shape index (κ2) is 6.01. The van der Waals surface area contributed by atoms with Crippen molar-refractivity contribution in [2.75, 3.05) is 0 Å². The highest BCUT2D eigenvalue weighted by Crippen LogP contribution is 2.25. The molecule has 1 aliphatic rings. The third-order valence-electron chi connectivity index (χ3n) is 2.43. The number of hydrogen-bond acceptors (Lipinski definition) is 7. The molecule has 1 saturated heterocycles. The van der Waals surface area contributed by atoms with E-state index in [4.69, 9.17) is 18.9 Å². The Bertz CT molecular complexity index is 433. The van der Waals surface area contributed by atoms with Crippen LogP contribution in [0.15, 0.2) is 0 Å². The fraction of sp³-hybridized carbons (Fsp3) is 0.786. The van der Waals surface area contributed by atoms with Crippen molar-refractivity contribution in [3.8, 4) is 0 Å². The van der Waals surface area contributed by atoms with Crippen LogP contribution in [0.1, 0.15) is 48.0 Å². The summed E-state index contributed by atoms with van der Waals surface area (Å²) in [4.78, 5) is 34.9. The number of esters is 3. The molecule has 7 nitrogen and oxygen atoms in total. The highest BCUT2D eigenvalue weighted by atomic mass is 16.8. The SMILES string of the molecule is C[C@H](OC(=O)C[C@@H]1OC(C)(C)OC1=O)C(=O)OC(C)(C)C. The van der Waals surface area contributed by atoms with E-state index in [1.165, 1.54) is 6.92 Å². The number of hydrogen-bond donors (Lipinski definition) is 0. The van der Waals surface area contributed by atoms with Crippen molar-refractivity contribution in [3.05, 3.63) is 0 Å². The van der Waals surface area contributed by atoms with E-state index < -0.39 is 41.5 Å². The maximum atomic E-state index is 11.7. The number of rotatable bonds is 4. The van der Waals surface area contributed by atoms with E-state index in [1.54, 1.807) is 34.6 Å². The van der Waals surface area contributed by atoms with Crippen LogP contribution < -0.4 is 0 Å². The van der Waals surface area contributed by atoms with Gasteiger partial charge in [-0.3, -0.25) is 4.79 Å². The Morgan fingerprint density at radius 2 is 1.90 bits per heavy atom. The van der Waals surface area contributed by atoms with E-state index >= 15 is 0 Å². The average Bonchev–Trinajstić information content (AvgIpc) is 2.48. The summed E-state index contributed by atoms with van der Waals surface area (Å²) in [7, 11) is 0. The standard InChI is InChI=1S/C14H22O7/c1-8(11(16)20-13(2,3)4)18-10(15)7-9-12(17)21-14(5,6)19-9/h8-9H,7H2,1-6H3/t8-,9-/m0/s1. The van der Waals surface area contributed by atoms with Crippen molar-refractivity contribution >= 4 is 17.9 Å². The van der Waals surface area contributed by atoms with Crippen LogP contribution in [-0.4, -0.2) is 41.5 Å². The molecule has 0 aromatic heterocycles. The first-order chi connectivity index (χ1) is 9.39. The van der Waals surface area contributed by atoms with E-state index in [9.17, 15) is 14.4 Å². The summed E-state index contributed by atoms with van der Waals surface area (Å²) in [5.74, 6) is -3.06. The zero-order chi connectivity index (χ0) is 16.4. The summed E-state index contributed by atoms with van der Waals surface area (Å²) in [6, 6.07) is 0. The fourth-order valence-electron chi connectivity index (χ4n) is 1.68. The van der Waals surface area contributed by atoms with Gasteiger partial charge in [-0.25, -0.2) is 9.59 Å². The third kappa shape index (κ3) is 5.71. The molecule has 0 spiro atoms. The first kappa shape index (κ1) is 17.4. The van der Waals surface area contributed by atoms with Gasteiger partial charge in [0, 0.05) is 13.8 Å².